The molecule has 0 atom stereocenters. The Kier molecular flexibility index (Phi) is 2.93. The number of hydrogen-bond acceptors (Lipinski definition) is 1. The SMILES string of the molecule is Nc1cccc2ccc3[c-]cccc3c12.[Ru+]. The maximum absolute atomic E-state index is 6.01. The summed E-state index contributed by atoms with van der Waals surface area (Å²) in [5.41, 5.74) is 6.84. The van der Waals surface area contributed by atoms with Crippen molar-refractivity contribution >= 4 is 27.2 Å². The van der Waals surface area contributed by atoms with E-state index in [4.69, 9.17) is 5.73 Å². The Morgan fingerprint density at radius 2 is 1.81 bits per heavy atom. The van der Waals surface area contributed by atoms with E-state index in [-0.39, 0.29) is 19.5 Å². The second-order valence-corrected chi connectivity index (χ2v) is 3.64. The van der Waals surface area contributed by atoms with E-state index in [1.807, 2.05) is 24.3 Å². The van der Waals surface area contributed by atoms with Gasteiger partial charge in [-0.2, -0.15) is 0 Å². The van der Waals surface area contributed by atoms with E-state index in [0.717, 1.165) is 16.5 Å². The van der Waals surface area contributed by atoms with E-state index in [1.54, 1.807) is 0 Å². The average molecular weight is 293 g/mol. The van der Waals surface area contributed by atoms with Crippen molar-refractivity contribution in [1.82, 2.24) is 0 Å². The Bertz CT molecular complexity index is 646. The largest absolute Gasteiger partial charge is 1.00 e. The fourth-order valence-corrected chi connectivity index (χ4v) is 2.02. The molecule has 2 heteroatoms. The summed E-state index contributed by atoms with van der Waals surface area (Å²) in [5.74, 6) is 0. The number of benzene rings is 3. The van der Waals surface area contributed by atoms with Gasteiger partial charge >= 0.3 is 19.5 Å². The third-order valence-corrected chi connectivity index (χ3v) is 2.72. The molecule has 3 aromatic rings. The van der Waals surface area contributed by atoms with Crippen molar-refractivity contribution in [3.8, 4) is 0 Å². The van der Waals surface area contributed by atoms with Crippen molar-refractivity contribution in [2.24, 2.45) is 0 Å². The topological polar surface area (TPSA) is 26.0 Å². The van der Waals surface area contributed by atoms with Crippen LogP contribution in [0, 0.1) is 6.07 Å². The maximum Gasteiger partial charge on any atom is 1.00 e. The number of hydrogen-bond donors (Lipinski definition) is 1. The van der Waals surface area contributed by atoms with Crippen LogP contribution in [0.25, 0.3) is 21.5 Å². The molecule has 0 aromatic heterocycles. The zero-order valence-electron chi connectivity index (χ0n) is 8.55. The molecule has 3 aromatic carbocycles. The molecule has 0 saturated heterocycles. The fourth-order valence-electron chi connectivity index (χ4n) is 2.02. The van der Waals surface area contributed by atoms with Crippen LogP contribution >= 0.6 is 0 Å². The second kappa shape index (κ2) is 4.23. The molecule has 0 saturated carbocycles. The van der Waals surface area contributed by atoms with E-state index in [0.29, 0.717) is 0 Å². The van der Waals surface area contributed by atoms with Crippen LogP contribution in [0.5, 0.6) is 0 Å². The summed E-state index contributed by atoms with van der Waals surface area (Å²) in [4.78, 5) is 0. The van der Waals surface area contributed by atoms with Crippen molar-refractivity contribution < 1.29 is 19.5 Å². The van der Waals surface area contributed by atoms with E-state index >= 15 is 0 Å². The molecule has 0 bridgehead atoms. The van der Waals surface area contributed by atoms with Crippen molar-refractivity contribution in [3.63, 3.8) is 0 Å². The first-order chi connectivity index (χ1) is 7.36. The monoisotopic (exact) mass is 294 g/mol. The van der Waals surface area contributed by atoms with Crippen LogP contribution < -0.4 is 5.73 Å². The van der Waals surface area contributed by atoms with E-state index < -0.39 is 0 Å². The summed E-state index contributed by atoms with van der Waals surface area (Å²) in [6.07, 6.45) is 0. The van der Waals surface area contributed by atoms with Gasteiger partial charge in [-0.05, 0) is 16.8 Å². The molecule has 0 aliphatic heterocycles. The van der Waals surface area contributed by atoms with Gasteiger partial charge in [0.25, 0.3) is 0 Å². The predicted octanol–water partition coefficient (Wildman–Crippen LogP) is 3.37. The van der Waals surface area contributed by atoms with Gasteiger partial charge in [-0.3, -0.25) is 0 Å². The first-order valence-corrected chi connectivity index (χ1v) is 4.94. The molecule has 1 radical (unpaired) electrons. The molecule has 0 aliphatic rings. The molecule has 1 nitrogen and oxygen atoms in total. The number of anilines is 1. The minimum absolute atomic E-state index is 0. The summed E-state index contributed by atoms with van der Waals surface area (Å²) in [5, 5.41) is 4.60. The van der Waals surface area contributed by atoms with E-state index in [9.17, 15) is 0 Å². The van der Waals surface area contributed by atoms with Crippen LogP contribution in [-0.2, 0) is 19.5 Å². The van der Waals surface area contributed by atoms with Crippen LogP contribution in [-0.4, -0.2) is 0 Å². The molecule has 0 fully saturated rings. The number of fused-ring (bicyclic) bond motifs is 3. The summed E-state index contributed by atoms with van der Waals surface area (Å²) < 4.78 is 0. The van der Waals surface area contributed by atoms with Gasteiger partial charge in [0.05, 0.1) is 0 Å². The van der Waals surface area contributed by atoms with Crippen molar-refractivity contribution in [2.75, 3.05) is 5.73 Å². The van der Waals surface area contributed by atoms with Crippen LogP contribution in [0.4, 0.5) is 5.69 Å². The van der Waals surface area contributed by atoms with Gasteiger partial charge in [-0.15, -0.1) is 35.7 Å². The normalized spacial score (nSPS) is 10.2. The number of nitrogen functional groups attached to an aromatic ring is 1. The molecule has 16 heavy (non-hydrogen) atoms. The van der Waals surface area contributed by atoms with Gasteiger partial charge < -0.3 is 5.73 Å². The summed E-state index contributed by atoms with van der Waals surface area (Å²) in [6, 6.07) is 19.4. The molecular formula is C14H10NRu. The van der Waals surface area contributed by atoms with Crippen LogP contribution in [0.3, 0.4) is 0 Å². The van der Waals surface area contributed by atoms with Crippen LogP contribution in [0.1, 0.15) is 0 Å². The van der Waals surface area contributed by atoms with Crippen LogP contribution in [0.15, 0.2) is 48.5 Å². The molecular weight excluding hydrogens is 283 g/mol. The van der Waals surface area contributed by atoms with Gasteiger partial charge in [-0.1, -0.05) is 23.6 Å². The van der Waals surface area contributed by atoms with E-state index in [2.05, 4.69) is 30.3 Å². The van der Waals surface area contributed by atoms with Gasteiger partial charge in [0.2, 0.25) is 0 Å². The van der Waals surface area contributed by atoms with Gasteiger partial charge in [-0.25, -0.2) is 0 Å². The molecule has 3 rings (SSSR count). The molecule has 0 unspecified atom stereocenters. The Balaban J connectivity index is 0.000000963. The summed E-state index contributed by atoms with van der Waals surface area (Å²) in [7, 11) is 0. The van der Waals surface area contributed by atoms with Crippen molar-refractivity contribution in [1.29, 1.82) is 0 Å². The number of rotatable bonds is 0. The minimum atomic E-state index is 0. The molecule has 2 N–H and O–H groups in total. The van der Waals surface area contributed by atoms with Crippen molar-refractivity contribution in [3.05, 3.63) is 54.6 Å². The van der Waals surface area contributed by atoms with Crippen LogP contribution in [0.2, 0.25) is 0 Å². The Morgan fingerprint density at radius 3 is 2.69 bits per heavy atom. The smallest absolute Gasteiger partial charge is 0.399 e. The first kappa shape index (κ1) is 11.1. The summed E-state index contributed by atoms with van der Waals surface area (Å²) >= 11 is 0. The van der Waals surface area contributed by atoms with Gasteiger partial charge in [0.1, 0.15) is 0 Å². The maximum atomic E-state index is 6.01. The molecule has 0 amide bonds. The average Bonchev–Trinajstić information content (AvgIpc) is 2.29. The number of nitrogens with two attached hydrogens (primary N) is 1. The Hall–Kier alpha value is -1.40. The fraction of sp³-hybridized carbons (Fsp3) is 0. The molecule has 79 valence electrons. The van der Waals surface area contributed by atoms with Crippen molar-refractivity contribution in [2.45, 2.75) is 0 Å². The molecule has 0 heterocycles. The molecule has 0 aliphatic carbocycles. The zero-order chi connectivity index (χ0) is 10.3. The zero-order valence-corrected chi connectivity index (χ0v) is 10.3. The minimum Gasteiger partial charge on any atom is -0.399 e. The summed E-state index contributed by atoms with van der Waals surface area (Å²) in [6.45, 7) is 0. The third-order valence-electron chi connectivity index (χ3n) is 2.72. The standard InChI is InChI=1S/C14H10N.Ru/c15-13-7-3-5-11-9-8-10-4-1-2-6-12(10)14(11)13;/h1-3,5-9H,15H2;/q-1;+1. The molecule has 0 spiro atoms. The Morgan fingerprint density at radius 1 is 0.938 bits per heavy atom. The quantitative estimate of drug-likeness (QED) is 0.292. The van der Waals surface area contributed by atoms with Gasteiger partial charge in [0.15, 0.2) is 0 Å². The van der Waals surface area contributed by atoms with Gasteiger partial charge in [0, 0.05) is 5.69 Å². The van der Waals surface area contributed by atoms with E-state index in [1.165, 1.54) is 10.8 Å². The first-order valence-electron chi connectivity index (χ1n) is 4.94. The Labute approximate surface area is 107 Å². The second-order valence-electron chi connectivity index (χ2n) is 3.64. The third kappa shape index (κ3) is 1.60. The predicted molar refractivity (Wildman–Crippen MR) is 64.7 cm³/mol.